The number of ether oxygens (including phenoxy) is 1. The van der Waals surface area contributed by atoms with Crippen molar-refractivity contribution in [1.82, 2.24) is 9.55 Å². The summed E-state index contributed by atoms with van der Waals surface area (Å²) in [5, 5.41) is 0.410. The van der Waals surface area contributed by atoms with Gasteiger partial charge in [0.1, 0.15) is 5.75 Å². The lowest BCUT2D eigenvalue weighted by Crippen LogP contribution is -2.29. The van der Waals surface area contributed by atoms with E-state index in [0.29, 0.717) is 22.3 Å². The highest BCUT2D eigenvalue weighted by Crippen LogP contribution is 2.18. The van der Waals surface area contributed by atoms with Gasteiger partial charge >= 0.3 is 5.69 Å². The molecular weight excluding hydrogens is 256 g/mol. The summed E-state index contributed by atoms with van der Waals surface area (Å²) in [6.45, 7) is 0. The van der Waals surface area contributed by atoms with Crippen LogP contribution in [0.1, 0.15) is 0 Å². The summed E-state index contributed by atoms with van der Waals surface area (Å²) in [5.74, 6) is 0.571. The van der Waals surface area contributed by atoms with Crippen LogP contribution in [0.15, 0.2) is 58.1 Å². The number of fused-ring (bicyclic) bond motifs is 1. The van der Waals surface area contributed by atoms with Crippen molar-refractivity contribution < 1.29 is 4.74 Å². The standard InChI is InChI=1S/C15H12N2O3/c1-20-11-7-8-13-12(9-11)14(18)16-15(19)17(13)10-5-3-2-4-6-10/h2-9H,1H3,(H,16,18,19). The van der Waals surface area contributed by atoms with E-state index in [2.05, 4.69) is 4.98 Å². The van der Waals surface area contributed by atoms with Crippen molar-refractivity contribution in [3.8, 4) is 11.4 Å². The fourth-order valence-corrected chi connectivity index (χ4v) is 2.18. The Hall–Kier alpha value is -2.82. The zero-order valence-corrected chi connectivity index (χ0v) is 10.8. The third-order valence-corrected chi connectivity index (χ3v) is 3.13. The Kier molecular flexibility index (Phi) is 2.87. The minimum atomic E-state index is -0.459. The second-order valence-corrected chi connectivity index (χ2v) is 4.31. The lowest BCUT2D eigenvalue weighted by Gasteiger charge is -2.10. The number of benzene rings is 2. The van der Waals surface area contributed by atoms with E-state index in [0.717, 1.165) is 0 Å². The topological polar surface area (TPSA) is 64.1 Å². The molecule has 20 heavy (non-hydrogen) atoms. The Labute approximate surface area is 114 Å². The number of H-pyrrole nitrogens is 1. The van der Waals surface area contributed by atoms with Crippen LogP contribution < -0.4 is 16.0 Å². The maximum atomic E-state index is 12.1. The van der Waals surface area contributed by atoms with E-state index in [4.69, 9.17) is 4.74 Å². The minimum absolute atomic E-state index is 0.410. The molecule has 1 aromatic heterocycles. The van der Waals surface area contributed by atoms with E-state index < -0.39 is 11.2 Å². The predicted octanol–water partition coefficient (Wildman–Crippen LogP) is 1.69. The summed E-state index contributed by atoms with van der Waals surface area (Å²) in [4.78, 5) is 26.3. The Bertz CT molecular complexity index is 879. The maximum absolute atomic E-state index is 12.1. The van der Waals surface area contributed by atoms with E-state index in [1.165, 1.54) is 11.7 Å². The number of hydrogen-bond acceptors (Lipinski definition) is 3. The van der Waals surface area contributed by atoms with Gasteiger partial charge < -0.3 is 4.74 Å². The van der Waals surface area contributed by atoms with Crippen LogP contribution >= 0.6 is 0 Å². The first-order chi connectivity index (χ1) is 9.70. The molecule has 0 aliphatic heterocycles. The summed E-state index contributed by atoms with van der Waals surface area (Å²) >= 11 is 0. The van der Waals surface area contributed by atoms with Crippen molar-refractivity contribution in [2.75, 3.05) is 7.11 Å². The highest BCUT2D eigenvalue weighted by Gasteiger charge is 2.09. The highest BCUT2D eigenvalue weighted by molar-refractivity contribution is 5.81. The molecule has 0 aliphatic carbocycles. The second kappa shape index (κ2) is 4.70. The van der Waals surface area contributed by atoms with Gasteiger partial charge in [-0.05, 0) is 30.3 Å². The molecule has 5 nitrogen and oxygen atoms in total. The first-order valence-electron chi connectivity index (χ1n) is 6.09. The molecule has 0 fully saturated rings. The summed E-state index contributed by atoms with van der Waals surface area (Å²) in [6.07, 6.45) is 0. The van der Waals surface area contributed by atoms with Crippen molar-refractivity contribution >= 4 is 10.9 Å². The SMILES string of the molecule is COc1ccc2c(c1)c(=O)[nH]c(=O)n2-c1ccccc1. The van der Waals surface area contributed by atoms with Gasteiger partial charge in [-0.3, -0.25) is 14.3 Å². The minimum Gasteiger partial charge on any atom is -0.497 e. The molecule has 0 unspecified atom stereocenters. The van der Waals surface area contributed by atoms with Crippen molar-refractivity contribution in [2.45, 2.75) is 0 Å². The predicted molar refractivity (Wildman–Crippen MR) is 76.7 cm³/mol. The van der Waals surface area contributed by atoms with Gasteiger partial charge in [0.15, 0.2) is 0 Å². The highest BCUT2D eigenvalue weighted by atomic mass is 16.5. The van der Waals surface area contributed by atoms with E-state index in [-0.39, 0.29) is 0 Å². The smallest absolute Gasteiger partial charge is 0.333 e. The summed E-state index contributed by atoms with van der Waals surface area (Å²) in [5.41, 5.74) is 0.365. The average molecular weight is 268 g/mol. The number of aromatic nitrogens is 2. The van der Waals surface area contributed by atoms with Crippen LogP contribution in [0.4, 0.5) is 0 Å². The zero-order chi connectivity index (χ0) is 14.1. The maximum Gasteiger partial charge on any atom is 0.333 e. The Morgan fingerprint density at radius 1 is 1.05 bits per heavy atom. The van der Waals surface area contributed by atoms with Crippen molar-refractivity contribution in [3.05, 3.63) is 69.4 Å². The van der Waals surface area contributed by atoms with Gasteiger partial charge in [-0.25, -0.2) is 4.79 Å². The van der Waals surface area contributed by atoms with Crippen molar-refractivity contribution in [2.24, 2.45) is 0 Å². The van der Waals surface area contributed by atoms with Gasteiger partial charge in [0, 0.05) is 0 Å². The lowest BCUT2D eigenvalue weighted by atomic mass is 10.2. The van der Waals surface area contributed by atoms with Crippen LogP contribution in [0.2, 0.25) is 0 Å². The molecule has 0 radical (unpaired) electrons. The number of rotatable bonds is 2. The molecule has 1 N–H and O–H groups in total. The number of aromatic amines is 1. The first kappa shape index (κ1) is 12.2. The van der Waals surface area contributed by atoms with Crippen LogP contribution in [-0.2, 0) is 0 Å². The molecule has 0 aliphatic rings. The average Bonchev–Trinajstić information content (AvgIpc) is 2.48. The van der Waals surface area contributed by atoms with Gasteiger partial charge in [0.25, 0.3) is 5.56 Å². The molecule has 0 amide bonds. The van der Waals surface area contributed by atoms with Crippen molar-refractivity contribution in [1.29, 1.82) is 0 Å². The molecule has 3 rings (SSSR count). The quantitative estimate of drug-likeness (QED) is 0.769. The van der Waals surface area contributed by atoms with Crippen LogP contribution in [0.25, 0.3) is 16.6 Å². The monoisotopic (exact) mass is 268 g/mol. The molecule has 0 bridgehead atoms. The number of nitrogens with zero attached hydrogens (tertiary/aromatic N) is 1. The van der Waals surface area contributed by atoms with Crippen LogP contribution in [0.5, 0.6) is 5.75 Å². The van der Waals surface area contributed by atoms with E-state index >= 15 is 0 Å². The summed E-state index contributed by atoms with van der Waals surface area (Å²) < 4.78 is 6.58. The fourth-order valence-electron chi connectivity index (χ4n) is 2.18. The molecule has 0 atom stereocenters. The Morgan fingerprint density at radius 3 is 2.50 bits per heavy atom. The molecule has 2 aromatic carbocycles. The van der Waals surface area contributed by atoms with Crippen LogP contribution in [0, 0.1) is 0 Å². The van der Waals surface area contributed by atoms with Gasteiger partial charge in [-0.2, -0.15) is 0 Å². The molecule has 100 valence electrons. The van der Waals surface area contributed by atoms with E-state index in [9.17, 15) is 9.59 Å². The van der Waals surface area contributed by atoms with E-state index in [1.807, 2.05) is 30.3 Å². The van der Waals surface area contributed by atoms with Gasteiger partial charge in [-0.1, -0.05) is 18.2 Å². The number of hydrogen-bond donors (Lipinski definition) is 1. The van der Waals surface area contributed by atoms with Gasteiger partial charge in [0.2, 0.25) is 0 Å². The largest absolute Gasteiger partial charge is 0.497 e. The van der Waals surface area contributed by atoms with Gasteiger partial charge in [-0.15, -0.1) is 0 Å². The Morgan fingerprint density at radius 2 is 1.80 bits per heavy atom. The molecule has 1 heterocycles. The molecule has 5 heteroatoms. The van der Waals surface area contributed by atoms with Crippen LogP contribution in [-0.4, -0.2) is 16.7 Å². The molecule has 3 aromatic rings. The number of methoxy groups -OCH3 is 1. The van der Waals surface area contributed by atoms with Crippen molar-refractivity contribution in [3.63, 3.8) is 0 Å². The Balaban J connectivity index is 2.44. The summed E-state index contributed by atoms with van der Waals surface area (Å²) in [6, 6.07) is 14.2. The third-order valence-electron chi connectivity index (χ3n) is 3.13. The second-order valence-electron chi connectivity index (χ2n) is 4.31. The normalized spacial score (nSPS) is 10.7. The fraction of sp³-hybridized carbons (Fsp3) is 0.0667. The van der Waals surface area contributed by atoms with E-state index in [1.54, 1.807) is 18.2 Å². The lowest BCUT2D eigenvalue weighted by molar-refractivity contribution is 0.415. The molecular formula is C15H12N2O3. The summed E-state index contributed by atoms with van der Waals surface area (Å²) in [7, 11) is 1.53. The number of para-hydroxylation sites is 1. The third kappa shape index (κ3) is 1.89. The zero-order valence-electron chi connectivity index (χ0n) is 10.8. The van der Waals surface area contributed by atoms with Crippen LogP contribution in [0.3, 0.4) is 0 Å². The number of nitrogens with one attached hydrogen (secondary N) is 1. The molecule has 0 saturated carbocycles. The van der Waals surface area contributed by atoms with Gasteiger partial charge in [0.05, 0.1) is 23.7 Å². The molecule has 0 spiro atoms. The molecule has 0 saturated heterocycles. The first-order valence-corrected chi connectivity index (χ1v) is 6.09.